The van der Waals surface area contributed by atoms with Gasteiger partial charge in [-0.25, -0.2) is 4.98 Å². The quantitative estimate of drug-likeness (QED) is 0.861. The predicted octanol–water partition coefficient (Wildman–Crippen LogP) is 3.33. The van der Waals surface area contributed by atoms with Crippen molar-refractivity contribution in [3.8, 4) is 0 Å². The topological polar surface area (TPSA) is 55.1 Å². The Morgan fingerprint density at radius 2 is 2.16 bits per heavy atom. The van der Waals surface area contributed by atoms with Crippen molar-refractivity contribution in [1.29, 1.82) is 0 Å². The summed E-state index contributed by atoms with van der Waals surface area (Å²) in [5, 5.41) is 9.68. The van der Waals surface area contributed by atoms with Crippen LogP contribution in [-0.2, 0) is 10.2 Å². The minimum Gasteiger partial charge on any atom is -0.481 e. The molecule has 1 N–H and O–H groups in total. The van der Waals surface area contributed by atoms with Gasteiger partial charge in [-0.05, 0) is 18.8 Å². The number of rotatable bonds is 4. The zero-order valence-corrected chi connectivity index (χ0v) is 12.8. The zero-order chi connectivity index (χ0) is 14.2. The highest BCUT2D eigenvalue weighted by atomic mass is 32.2. The number of hydrogen-bond donors (Lipinski definition) is 1. The third-order valence-electron chi connectivity index (χ3n) is 3.57. The van der Waals surface area contributed by atoms with E-state index >= 15 is 0 Å². The summed E-state index contributed by atoms with van der Waals surface area (Å²) >= 11 is 1.32. The molecule has 19 heavy (non-hydrogen) atoms. The summed E-state index contributed by atoms with van der Waals surface area (Å²) in [5.74, 6) is 0.0412. The highest BCUT2D eigenvalue weighted by Crippen LogP contribution is 2.42. The van der Waals surface area contributed by atoms with Crippen LogP contribution in [0.3, 0.4) is 0 Å². The second-order valence-electron chi connectivity index (χ2n) is 6.46. The predicted molar refractivity (Wildman–Crippen MR) is 76.7 cm³/mol. The van der Waals surface area contributed by atoms with Crippen LogP contribution in [0, 0.1) is 5.92 Å². The fourth-order valence-corrected chi connectivity index (χ4v) is 3.32. The third-order valence-corrected chi connectivity index (χ3v) is 4.52. The van der Waals surface area contributed by atoms with Gasteiger partial charge in [-0.1, -0.05) is 39.5 Å². The third kappa shape index (κ3) is 3.14. The summed E-state index contributed by atoms with van der Waals surface area (Å²) in [6.07, 6.45) is 4.24. The van der Waals surface area contributed by atoms with Crippen LogP contribution in [0.1, 0.15) is 52.3 Å². The van der Waals surface area contributed by atoms with Crippen LogP contribution >= 0.6 is 11.8 Å². The van der Waals surface area contributed by atoms with Gasteiger partial charge in [0, 0.05) is 23.3 Å². The molecule has 1 aliphatic carbocycles. The van der Waals surface area contributed by atoms with E-state index in [2.05, 4.69) is 37.2 Å². The van der Waals surface area contributed by atoms with Crippen LogP contribution in [0.25, 0.3) is 0 Å². The van der Waals surface area contributed by atoms with E-state index in [1.54, 1.807) is 0 Å². The second kappa shape index (κ2) is 5.19. The first-order chi connectivity index (χ1) is 8.79. The molecule has 0 saturated heterocycles. The molecule has 106 valence electrons. The van der Waals surface area contributed by atoms with Crippen LogP contribution in [0.4, 0.5) is 0 Å². The summed E-state index contributed by atoms with van der Waals surface area (Å²) in [6.45, 7) is 8.78. The highest BCUT2D eigenvalue weighted by molar-refractivity contribution is 7.99. The first-order valence-electron chi connectivity index (χ1n) is 6.71. The maximum absolute atomic E-state index is 10.7. The Morgan fingerprint density at radius 1 is 1.53 bits per heavy atom. The lowest BCUT2D eigenvalue weighted by molar-refractivity contribution is -0.133. The molecule has 4 nitrogen and oxygen atoms in total. The maximum Gasteiger partial charge on any atom is 0.313 e. The van der Waals surface area contributed by atoms with Crippen molar-refractivity contribution < 1.29 is 9.90 Å². The summed E-state index contributed by atoms with van der Waals surface area (Å²) in [4.78, 5) is 15.2. The molecule has 0 radical (unpaired) electrons. The Labute approximate surface area is 118 Å². The average Bonchev–Trinajstić information content (AvgIpc) is 2.64. The minimum absolute atomic E-state index is 0.0356. The summed E-state index contributed by atoms with van der Waals surface area (Å²) in [7, 11) is 0. The van der Waals surface area contributed by atoms with Crippen molar-refractivity contribution >= 4 is 17.7 Å². The molecule has 0 spiro atoms. The van der Waals surface area contributed by atoms with Crippen LogP contribution < -0.4 is 0 Å². The molecule has 2 rings (SSSR count). The fraction of sp³-hybridized carbons (Fsp3) is 0.714. The van der Waals surface area contributed by atoms with E-state index in [-0.39, 0.29) is 11.2 Å². The number of carboxylic acids is 1. The Bertz CT molecular complexity index is 470. The number of thioether (sulfide) groups is 1. The summed E-state index contributed by atoms with van der Waals surface area (Å²) < 4.78 is 2.27. The largest absolute Gasteiger partial charge is 0.481 e. The highest BCUT2D eigenvalue weighted by Gasteiger charge is 2.33. The van der Waals surface area contributed by atoms with E-state index in [0.29, 0.717) is 6.04 Å². The Balaban J connectivity index is 2.28. The molecule has 1 aromatic rings. The standard InChI is InChI=1S/C14H22N2O2S/c1-9-5-10(6-9)16-11(14(2,3)4)7-15-13(16)19-8-12(17)18/h7,9-10H,5-6,8H2,1-4H3,(H,17,18). The van der Waals surface area contributed by atoms with Gasteiger partial charge in [0.2, 0.25) is 0 Å². The monoisotopic (exact) mass is 282 g/mol. The van der Waals surface area contributed by atoms with E-state index in [9.17, 15) is 4.79 Å². The van der Waals surface area contributed by atoms with E-state index in [1.165, 1.54) is 30.3 Å². The normalized spacial score (nSPS) is 23.2. The molecule has 0 atom stereocenters. The fourth-order valence-electron chi connectivity index (χ4n) is 2.56. The lowest BCUT2D eigenvalue weighted by atomic mass is 9.80. The van der Waals surface area contributed by atoms with E-state index in [0.717, 1.165) is 11.1 Å². The Kier molecular flexibility index (Phi) is 3.95. The summed E-state index contributed by atoms with van der Waals surface area (Å²) in [5.41, 5.74) is 1.24. The van der Waals surface area contributed by atoms with Gasteiger partial charge in [0.05, 0.1) is 5.75 Å². The van der Waals surface area contributed by atoms with Crippen molar-refractivity contribution in [2.75, 3.05) is 5.75 Å². The molecule has 0 bridgehead atoms. The van der Waals surface area contributed by atoms with Crippen molar-refractivity contribution in [2.45, 2.75) is 57.1 Å². The number of aromatic nitrogens is 2. The van der Waals surface area contributed by atoms with Crippen LogP contribution in [-0.4, -0.2) is 26.4 Å². The molecular formula is C14H22N2O2S. The number of imidazole rings is 1. The van der Waals surface area contributed by atoms with Crippen LogP contribution in [0.2, 0.25) is 0 Å². The maximum atomic E-state index is 10.7. The first kappa shape index (κ1) is 14.4. The van der Waals surface area contributed by atoms with Crippen LogP contribution in [0.5, 0.6) is 0 Å². The molecule has 0 aliphatic heterocycles. The van der Waals surface area contributed by atoms with Gasteiger partial charge in [-0.15, -0.1) is 0 Å². The summed E-state index contributed by atoms with van der Waals surface area (Å²) in [6, 6.07) is 0.489. The van der Waals surface area contributed by atoms with E-state index in [4.69, 9.17) is 5.11 Å². The van der Waals surface area contributed by atoms with E-state index < -0.39 is 5.97 Å². The van der Waals surface area contributed by atoms with Crippen molar-refractivity contribution in [2.24, 2.45) is 5.92 Å². The smallest absolute Gasteiger partial charge is 0.313 e. The minimum atomic E-state index is -0.793. The number of aliphatic carboxylic acids is 1. The molecule has 0 amide bonds. The van der Waals surface area contributed by atoms with Gasteiger partial charge in [0.25, 0.3) is 0 Å². The molecule has 1 aliphatic rings. The molecule has 0 unspecified atom stereocenters. The second-order valence-corrected chi connectivity index (χ2v) is 7.40. The SMILES string of the molecule is CC1CC(n2c(C(C)(C)C)cnc2SCC(=O)O)C1. The number of nitrogens with zero attached hydrogens (tertiary/aromatic N) is 2. The molecule has 1 aromatic heterocycles. The van der Waals surface area contributed by atoms with Gasteiger partial charge >= 0.3 is 5.97 Å². The molecule has 0 aromatic carbocycles. The number of carboxylic acid groups (broad SMARTS) is 1. The average molecular weight is 282 g/mol. The molecule has 1 saturated carbocycles. The van der Waals surface area contributed by atoms with Gasteiger partial charge < -0.3 is 9.67 Å². The van der Waals surface area contributed by atoms with Gasteiger partial charge in [-0.3, -0.25) is 4.79 Å². The molecular weight excluding hydrogens is 260 g/mol. The number of hydrogen-bond acceptors (Lipinski definition) is 3. The number of carbonyl (C=O) groups is 1. The zero-order valence-electron chi connectivity index (χ0n) is 12.0. The Hall–Kier alpha value is -0.970. The lowest BCUT2D eigenvalue weighted by Crippen LogP contribution is -2.29. The van der Waals surface area contributed by atoms with Gasteiger partial charge in [0.1, 0.15) is 0 Å². The lowest BCUT2D eigenvalue weighted by Gasteiger charge is -2.37. The van der Waals surface area contributed by atoms with E-state index in [1.807, 2.05) is 6.20 Å². The first-order valence-corrected chi connectivity index (χ1v) is 7.70. The van der Waals surface area contributed by atoms with Crippen molar-refractivity contribution in [1.82, 2.24) is 9.55 Å². The van der Waals surface area contributed by atoms with Crippen LogP contribution in [0.15, 0.2) is 11.4 Å². The Morgan fingerprint density at radius 3 is 2.63 bits per heavy atom. The van der Waals surface area contributed by atoms with Crippen molar-refractivity contribution in [3.63, 3.8) is 0 Å². The molecule has 1 heterocycles. The molecule has 5 heteroatoms. The van der Waals surface area contributed by atoms with Gasteiger partial charge in [0.15, 0.2) is 5.16 Å². The molecule has 1 fully saturated rings. The van der Waals surface area contributed by atoms with Gasteiger partial charge in [-0.2, -0.15) is 0 Å². The van der Waals surface area contributed by atoms with Crippen molar-refractivity contribution in [3.05, 3.63) is 11.9 Å².